The van der Waals surface area contributed by atoms with Crippen molar-refractivity contribution >= 4 is 28.3 Å². The average molecular weight is 440 g/mol. The summed E-state index contributed by atoms with van der Waals surface area (Å²) in [5.74, 6) is 1.39. The van der Waals surface area contributed by atoms with Crippen LogP contribution in [-0.2, 0) is 26.0 Å². The van der Waals surface area contributed by atoms with Gasteiger partial charge in [-0.2, -0.15) is 5.10 Å². The molecule has 10 heteroatoms. The molecular formula is C19H26ClN5O3S. The van der Waals surface area contributed by atoms with Crippen molar-refractivity contribution in [1.82, 2.24) is 24.4 Å². The second-order valence-electron chi connectivity index (χ2n) is 7.85. The molecule has 1 aromatic heterocycles. The number of aromatic amines is 1. The number of aryl methyl sites for hydroxylation is 1. The summed E-state index contributed by atoms with van der Waals surface area (Å²) in [5, 5.41) is 7.27. The third-order valence-corrected chi connectivity index (χ3v) is 7.82. The van der Waals surface area contributed by atoms with Crippen LogP contribution in [0.2, 0.25) is 0 Å². The third-order valence-electron chi connectivity index (χ3n) is 6.00. The van der Waals surface area contributed by atoms with E-state index in [0.717, 1.165) is 11.4 Å². The Labute approximate surface area is 177 Å². The number of rotatable bonds is 4. The molecule has 0 aliphatic carbocycles. The second kappa shape index (κ2) is 8.04. The highest BCUT2D eigenvalue weighted by Crippen LogP contribution is 2.44. The van der Waals surface area contributed by atoms with Gasteiger partial charge in [0.2, 0.25) is 15.9 Å². The molecule has 2 atom stereocenters. The topological polar surface area (TPSA) is 99.3 Å². The molecule has 2 aromatic rings. The van der Waals surface area contributed by atoms with Crippen LogP contribution < -0.4 is 0 Å². The minimum Gasteiger partial charge on any atom is -0.342 e. The Kier molecular flexibility index (Phi) is 6.03. The van der Waals surface area contributed by atoms with Crippen molar-refractivity contribution in [3.8, 4) is 0 Å². The molecule has 1 amide bonds. The van der Waals surface area contributed by atoms with Crippen LogP contribution in [-0.4, -0.2) is 64.9 Å². The number of sulfonamides is 1. The van der Waals surface area contributed by atoms with Crippen LogP contribution >= 0.6 is 12.4 Å². The fourth-order valence-corrected chi connectivity index (χ4v) is 6.02. The number of hydrogen-bond donors (Lipinski definition) is 1. The van der Waals surface area contributed by atoms with E-state index < -0.39 is 15.4 Å². The number of fused-ring (bicyclic) bond motifs is 1. The predicted molar refractivity (Wildman–Crippen MR) is 111 cm³/mol. The zero-order valence-corrected chi connectivity index (χ0v) is 18.2. The number of carbonyl (C=O) groups is 1. The number of carbonyl (C=O) groups excluding carboxylic acids is 1. The fraction of sp³-hybridized carbons (Fsp3) is 0.526. The van der Waals surface area contributed by atoms with Crippen LogP contribution in [0, 0.1) is 12.8 Å². The first-order valence-corrected chi connectivity index (χ1v) is 11.1. The summed E-state index contributed by atoms with van der Waals surface area (Å²) < 4.78 is 27.6. The number of nitrogens with one attached hydrogen (secondary N) is 1. The van der Waals surface area contributed by atoms with E-state index >= 15 is 0 Å². The number of H-pyrrole nitrogens is 1. The van der Waals surface area contributed by atoms with Gasteiger partial charge in [0.25, 0.3) is 0 Å². The highest BCUT2D eigenvalue weighted by atomic mass is 35.5. The van der Waals surface area contributed by atoms with Gasteiger partial charge in [-0.25, -0.2) is 17.7 Å². The molecule has 1 aromatic carbocycles. The van der Waals surface area contributed by atoms with Crippen molar-refractivity contribution in [2.24, 2.45) is 5.92 Å². The summed E-state index contributed by atoms with van der Waals surface area (Å²) in [6, 6.07) is 9.22. The molecule has 0 spiro atoms. The molecular weight excluding hydrogens is 414 g/mol. The molecule has 4 rings (SSSR count). The van der Waals surface area contributed by atoms with Crippen LogP contribution in [0.1, 0.15) is 30.6 Å². The number of piperidine rings is 1. The lowest BCUT2D eigenvalue weighted by molar-refractivity contribution is -0.128. The van der Waals surface area contributed by atoms with Crippen LogP contribution in [0.3, 0.4) is 0 Å². The van der Waals surface area contributed by atoms with Gasteiger partial charge in [0.05, 0.1) is 11.2 Å². The van der Waals surface area contributed by atoms with E-state index in [0.29, 0.717) is 38.4 Å². The van der Waals surface area contributed by atoms with Gasteiger partial charge in [0.1, 0.15) is 5.82 Å². The Morgan fingerprint density at radius 2 is 2.00 bits per heavy atom. The highest BCUT2D eigenvalue weighted by molar-refractivity contribution is 7.88. The number of benzene rings is 1. The smallest absolute Gasteiger partial charge is 0.219 e. The lowest BCUT2D eigenvalue weighted by atomic mass is 9.72. The van der Waals surface area contributed by atoms with Crippen molar-refractivity contribution in [3.05, 3.63) is 47.5 Å². The molecule has 8 nitrogen and oxygen atoms in total. The first kappa shape index (κ1) is 21.7. The van der Waals surface area contributed by atoms with E-state index in [1.54, 1.807) is 16.1 Å². The zero-order valence-electron chi connectivity index (χ0n) is 16.5. The summed E-state index contributed by atoms with van der Waals surface area (Å²) in [5.41, 5.74) is 0.385. The lowest BCUT2D eigenvalue weighted by Gasteiger charge is -2.40. The standard InChI is InChI=1S/C19H25N5O3S.ClH/c1-14-20-18(22-21-14)19-8-9-24(11-17(19)10-23(13-19)15(2)25)28(26,27)12-16-6-4-3-5-7-16;/h3-7,17H,8-13H2,1-2H3,(H,20,21,22);1H/t17-,19+;/m0./s1. The van der Waals surface area contributed by atoms with Gasteiger partial charge >= 0.3 is 0 Å². The van der Waals surface area contributed by atoms with Gasteiger partial charge in [0, 0.05) is 39.0 Å². The SMILES string of the molecule is CC(=O)N1C[C@H]2CN(S(=O)(=O)Cc3ccccc3)CC[C@@]2(c2n[nH]c(C)n2)C1.Cl. The van der Waals surface area contributed by atoms with Crippen molar-refractivity contribution in [2.45, 2.75) is 31.4 Å². The monoisotopic (exact) mass is 439 g/mol. The maximum Gasteiger partial charge on any atom is 0.219 e. The van der Waals surface area contributed by atoms with Crippen molar-refractivity contribution in [2.75, 3.05) is 26.2 Å². The molecule has 0 saturated carbocycles. The minimum atomic E-state index is -3.44. The van der Waals surface area contributed by atoms with Gasteiger partial charge in [-0.15, -0.1) is 12.4 Å². The lowest BCUT2D eigenvalue weighted by Crippen LogP contribution is -2.52. The molecule has 2 aliphatic heterocycles. The minimum absolute atomic E-state index is 0. The number of aromatic nitrogens is 3. The van der Waals surface area contributed by atoms with Crippen molar-refractivity contribution < 1.29 is 13.2 Å². The molecule has 1 N–H and O–H groups in total. The summed E-state index contributed by atoms with van der Waals surface area (Å²) in [4.78, 5) is 18.4. The van der Waals surface area contributed by atoms with E-state index in [4.69, 9.17) is 0 Å². The Hall–Kier alpha value is -1.97. The van der Waals surface area contributed by atoms with E-state index in [9.17, 15) is 13.2 Å². The highest BCUT2D eigenvalue weighted by Gasteiger charge is 2.54. The van der Waals surface area contributed by atoms with E-state index in [2.05, 4.69) is 15.2 Å². The van der Waals surface area contributed by atoms with E-state index in [1.807, 2.05) is 37.3 Å². The van der Waals surface area contributed by atoms with E-state index in [1.165, 1.54) is 0 Å². The van der Waals surface area contributed by atoms with Gasteiger partial charge in [-0.1, -0.05) is 30.3 Å². The number of amides is 1. The fourth-order valence-electron chi connectivity index (χ4n) is 4.45. The van der Waals surface area contributed by atoms with Crippen LogP contribution in [0.25, 0.3) is 0 Å². The van der Waals surface area contributed by atoms with Gasteiger partial charge in [-0.05, 0) is 18.9 Å². The largest absolute Gasteiger partial charge is 0.342 e. The Balaban J connectivity index is 0.00000240. The van der Waals surface area contributed by atoms with Crippen LogP contribution in [0.5, 0.6) is 0 Å². The molecule has 2 saturated heterocycles. The summed E-state index contributed by atoms with van der Waals surface area (Å²) in [7, 11) is -3.44. The first-order chi connectivity index (χ1) is 13.3. The molecule has 0 bridgehead atoms. The average Bonchev–Trinajstić information content (AvgIpc) is 3.26. The molecule has 3 heterocycles. The summed E-state index contributed by atoms with van der Waals surface area (Å²) in [6.45, 7) is 5.26. The third kappa shape index (κ3) is 4.04. The maximum atomic E-state index is 13.0. The zero-order chi connectivity index (χ0) is 19.9. The number of hydrogen-bond acceptors (Lipinski definition) is 5. The Morgan fingerprint density at radius 3 is 2.62 bits per heavy atom. The molecule has 2 aliphatic rings. The first-order valence-electron chi connectivity index (χ1n) is 9.47. The van der Waals surface area contributed by atoms with Crippen molar-refractivity contribution in [1.29, 1.82) is 0 Å². The Morgan fingerprint density at radius 1 is 1.28 bits per heavy atom. The quantitative estimate of drug-likeness (QED) is 0.777. The van der Waals surface area contributed by atoms with Gasteiger partial charge < -0.3 is 4.90 Å². The van der Waals surface area contributed by atoms with Crippen LogP contribution in [0.15, 0.2) is 30.3 Å². The van der Waals surface area contributed by atoms with E-state index in [-0.39, 0.29) is 30.0 Å². The second-order valence-corrected chi connectivity index (χ2v) is 9.82. The number of likely N-dealkylation sites (tertiary alicyclic amines) is 1. The van der Waals surface area contributed by atoms with Crippen molar-refractivity contribution in [3.63, 3.8) is 0 Å². The summed E-state index contributed by atoms with van der Waals surface area (Å²) in [6.07, 6.45) is 0.604. The molecule has 2 fully saturated rings. The predicted octanol–water partition coefficient (Wildman–Crippen LogP) is 1.49. The molecule has 29 heavy (non-hydrogen) atoms. The van der Waals surface area contributed by atoms with Crippen LogP contribution in [0.4, 0.5) is 0 Å². The van der Waals surface area contributed by atoms with Gasteiger partial charge in [-0.3, -0.25) is 9.89 Å². The number of nitrogens with zero attached hydrogens (tertiary/aromatic N) is 4. The molecule has 158 valence electrons. The Bertz CT molecular complexity index is 981. The molecule has 0 unspecified atom stereocenters. The maximum absolute atomic E-state index is 13.0. The normalized spacial score (nSPS) is 24.8. The van der Waals surface area contributed by atoms with Gasteiger partial charge in [0.15, 0.2) is 5.82 Å². The summed E-state index contributed by atoms with van der Waals surface area (Å²) >= 11 is 0. The molecule has 0 radical (unpaired) electrons. The number of halogens is 1.